The fraction of sp³-hybridized carbons (Fsp3) is 0.500. The second-order valence-corrected chi connectivity index (χ2v) is 5.51. The summed E-state index contributed by atoms with van der Waals surface area (Å²) in [4.78, 5) is 4.26. The summed E-state index contributed by atoms with van der Waals surface area (Å²) >= 11 is 0. The third-order valence-corrected chi connectivity index (χ3v) is 3.76. The molecule has 4 nitrogen and oxygen atoms in total. The molecule has 5 heteroatoms. The second kappa shape index (κ2) is 3.90. The molecule has 0 aliphatic heterocycles. The summed E-state index contributed by atoms with van der Waals surface area (Å²) in [5.41, 5.74) is 0.986. The predicted molar refractivity (Wildman–Crippen MR) is 56.8 cm³/mol. The number of sulfonamides is 1. The van der Waals surface area contributed by atoms with Crippen LogP contribution in [0.4, 0.5) is 0 Å². The van der Waals surface area contributed by atoms with Gasteiger partial charge >= 0.3 is 0 Å². The molecule has 0 amide bonds. The lowest BCUT2D eigenvalue weighted by atomic mass is 10.0. The van der Waals surface area contributed by atoms with Gasteiger partial charge in [-0.15, -0.1) is 0 Å². The van der Waals surface area contributed by atoms with Crippen molar-refractivity contribution >= 4 is 10.0 Å². The fourth-order valence-corrected chi connectivity index (χ4v) is 2.48. The van der Waals surface area contributed by atoms with E-state index in [9.17, 15) is 8.42 Å². The van der Waals surface area contributed by atoms with Crippen molar-refractivity contribution in [2.24, 2.45) is 5.14 Å². The Balaban J connectivity index is 2.24. The number of aromatic nitrogens is 1. The van der Waals surface area contributed by atoms with Gasteiger partial charge in [-0.2, -0.15) is 0 Å². The van der Waals surface area contributed by atoms with Gasteiger partial charge in [0, 0.05) is 17.8 Å². The van der Waals surface area contributed by atoms with E-state index in [2.05, 4.69) is 4.98 Å². The van der Waals surface area contributed by atoms with Gasteiger partial charge in [-0.3, -0.25) is 4.98 Å². The maximum absolute atomic E-state index is 11.0. The molecule has 1 heterocycles. The Kier molecular flexibility index (Phi) is 2.75. The van der Waals surface area contributed by atoms with Crippen molar-refractivity contribution in [1.29, 1.82) is 0 Å². The Morgan fingerprint density at radius 2 is 1.93 bits per heavy atom. The van der Waals surface area contributed by atoms with E-state index in [1.165, 1.54) is 25.1 Å². The highest BCUT2D eigenvalue weighted by atomic mass is 32.2. The van der Waals surface area contributed by atoms with Gasteiger partial charge in [0.2, 0.25) is 10.0 Å². The van der Waals surface area contributed by atoms with E-state index in [0.717, 1.165) is 18.5 Å². The van der Waals surface area contributed by atoms with Crippen LogP contribution in [0.1, 0.15) is 37.3 Å². The fourth-order valence-electron chi connectivity index (χ4n) is 2.02. The molecule has 2 rings (SSSR count). The van der Waals surface area contributed by atoms with Crippen LogP contribution in [0, 0.1) is 0 Å². The normalized spacial score (nSPS) is 18.2. The summed E-state index contributed by atoms with van der Waals surface area (Å²) in [6.45, 7) is 0. The molecule has 1 saturated carbocycles. The lowest BCUT2D eigenvalue weighted by Crippen LogP contribution is -2.12. The quantitative estimate of drug-likeness (QED) is 0.828. The zero-order chi connectivity index (χ0) is 10.9. The maximum atomic E-state index is 11.0. The van der Waals surface area contributed by atoms with Gasteiger partial charge in [-0.05, 0) is 25.0 Å². The van der Waals surface area contributed by atoms with Crippen molar-refractivity contribution in [3.63, 3.8) is 0 Å². The molecule has 82 valence electrons. The Labute approximate surface area is 89.6 Å². The molecular formula is C10H14N2O2S. The summed E-state index contributed by atoms with van der Waals surface area (Å²) in [6.07, 6.45) is 6.14. The first-order valence-corrected chi connectivity index (χ1v) is 6.61. The van der Waals surface area contributed by atoms with Gasteiger partial charge in [0.1, 0.15) is 4.90 Å². The molecule has 1 aromatic rings. The van der Waals surface area contributed by atoms with Crippen LogP contribution in [-0.2, 0) is 10.0 Å². The van der Waals surface area contributed by atoms with Gasteiger partial charge in [0.25, 0.3) is 0 Å². The highest BCUT2D eigenvalue weighted by Crippen LogP contribution is 2.32. The predicted octanol–water partition coefficient (Wildman–Crippen LogP) is 1.39. The molecule has 0 saturated heterocycles. The summed E-state index contributed by atoms with van der Waals surface area (Å²) in [5.74, 6) is 0.500. The zero-order valence-corrected chi connectivity index (χ0v) is 9.20. The second-order valence-electron chi connectivity index (χ2n) is 3.95. The minimum absolute atomic E-state index is 0.0873. The third-order valence-electron chi connectivity index (χ3n) is 2.86. The molecule has 1 fully saturated rings. The first-order valence-electron chi connectivity index (χ1n) is 5.06. The third kappa shape index (κ3) is 2.35. The number of pyridine rings is 1. The van der Waals surface area contributed by atoms with Crippen LogP contribution in [0.25, 0.3) is 0 Å². The Morgan fingerprint density at radius 1 is 1.27 bits per heavy atom. The van der Waals surface area contributed by atoms with Crippen molar-refractivity contribution in [2.75, 3.05) is 0 Å². The Bertz CT molecular complexity index is 433. The van der Waals surface area contributed by atoms with Gasteiger partial charge in [0.05, 0.1) is 0 Å². The minimum atomic E-state index is -3.61. The first kappa shape index (κ1) is 10.6. The molecular weight excluding hydrogens is 212 g/mol. The van der Waals surface area contributed by atoms with Crippen LogP contribution in [0.3, 0.4) is 0 Å². The van der Waals surface area contributed by atoms with Crippen molar-refractivity contribution in [3.8, 4) is 0 Å². The van der Waals surface area contributed by atoms with Gasteiger partial charge < -0.3 is 0 Å². The molecule has 0 radical (unpaired) electrons. The van der Waals surface area contributed by atoms with E-state index < -0.39 is 10.0 Å². The van der Waals surface area contributed by atoms with Crippen LogP contribution < -0.4 is 5.14 Å². The summed E-state index contributed by atoms with van der Waals surface area (Å²) in [6, 6.07) is 3.31. The standard InChI is InChI=1S/C10H14N2O2S/c11-15(13,14)9-5-6-10(12-7-9)8-3-1-2-4-8/h5-8H,1-4H2,(H2,11,13,14). The molecule has 0 aromatic carbocycles. The average Bonchev–Trinajstić information content (AvgIpc) is 2.69. The van der Waals surface area contributed by atoms with Crippen molar-refractivity contribution in [1.82, 2.24) is 4.98 Å². The van der Waals surface area contributed by atoms with Crippen LogP contribution in [0.2, 0.25) is 0 Å². The van der Waals surface area contributed by atoms with Crippen LogP contribution in [0.15, 0.2) is 23.2 Å². The maximum Gasteiger partial charge on any atom is 0.239 e. The number of nitrogens with two attached hydrogens (primary N) is 1. The molecule has 0 spiro atoms. The lowest BCUT2D eigenvalue weighted by molar-refractivity contribution is 0.597. The summed E-state index contributed by atoms with van der Waals surface area (Å²) in [7, 11) is -3.61. The van der Waals surface area contributed by atoms with Gasteiger partial charge in [-0.25, -0.2) is 13.6 Å². The Morgan fingerprint density at radius 3 is 2.40 bits per heavy atom. The van der Waals surface area contributed by atoms with Crippen molar-refractivity contribution in [3.05, 3.63) is 24.0 Å². The highest BCUT2D eigenvalue weighted by molar-refractivity contribution is 7.89. The van der Waals surface area contributed by atoms with E-state index in [4.69, 9.17) is 5.14 Å². The number of hydrogen-bond donors (Lipinski definition) is 1. The number of hydrogen-bond acceptors (Lipinski definition) is 3. The van der Waals surface area contributed by atoms with Crippen LogP contribution in [0.5, 0.6) is 0 Å². The number of rotatable bonds is 2. The Hall–Kier alpha value is -0.940. The largest absolute Gasteiger partial charge is 0.260 e. The molecule has 1 aliphatic rings. The number of nitrogens with zero attached hydrogens (tertiary/aromatic N) is 1. The molecule has 1 aromatic heterocycles. The molecule has 2 N–H and O–H groups in total. The van der Waals surface area contributed by atoms with Crippen molar-refractivity contribution in [2.45, 2.75) is 36.5 Å². The smallest absolute Gasteiger partial charge is 0.239 e. The van der Waals surface area contributed by atoms with E-state index in [0.29, 0.717) is 5.92 Å². The highest BCUT2D eigenvalue weighted by Gasteiger charge is 2.18. The lowest BCUT2D eigenvalue weighted by Gasteiger charge is -2.08. The van der Waals surface area contributed by atoms with Crippen molar-refractivity contribution < 1.29 is 8.42 Å². The summed E-state index contributed by atoms with van der Waals surface area (Å²) < 4.78 is 22.0. The molecule has 0 unspecified atom stereocenters. The monoisotopic (exact) mass is 226 g/mol. The SMILES string of the molecule is NS(=O)(=O)c1ccc(C2CCCC2)nc1. The van der Waals surface area contributed by atoms with E-state index in [1.807, 2.05) is 0 Å². The number of primary sulfonamides is 1. The topological polar surface area (TPSA) is 73.1 Å². The van der Waals surface area contributed by atoms with E-state index in [-0.39, 0.29) is 4.90 Å². The molecule has 1 aliphatic carbocycles. The van der Waals surface area contributed by atoms with Gasteiger partial charge in [-0.1, -0.05) is 12.8 Å². The van der Waals surface area contributed by atoms with E-state index in [1.54, 1.807) is 6.07 Å². The molecule has 0 bridgehead atoms. The minimum Gasteiger partial charge on any atom is -0.260 e. The van der Waals surface area contributed by atoms with Crippen LogP contribution >= 0.6 is 0 Å². The van der Waals surface area contributed by atoms with Gasteiger partial charge in [0.15, 0.2) is 0 Å². The summed E-state index contributed by atoms with van der Waals surface area (Å²) in [5, 5.41) is 4.99. The van der Waals surface area contributed by atoms with Crippen LogP contribution in [-0.4, -0.2) is 13.4 Å². The van der Waals surface area contributed by atoms with E-state index >= 15 is 0 Å². The first-order chi connectivity index (χ1) is 7.07. The zero-order valence-electron chi connectivity index (χ0n) is 8.39. The molecule has 15 heavy (non-hydrogen) atoms. The molecule has 0 atom stereocenters. The average molecular weight is 226 g/mol.